The minimum absolute atomic E-state index is 0.215. The molecule has 4 nitrogen and oxygen atoms in total. The van der Waals surface area contributed by atoms with E-state index in [1.807, 2.05) is 6.07 Å². The summed E-state index contributed by atoms with van der Waals surface area (Å²) in [6.07, 6.45) is 0.781. The molecule has 0 aliphatic rings. The molecule has 1 unspecified atom stereocenters. The lowest BCUT2D eigenvalue weighted by atomic mass is 9.96. The van der Waals surface area contributed by atoms with Gasteiger partial charge in [-0.2, -0.15) is 5.10 Å². The molecule has 1 atom stereocenters. The Kier molecular flexibility index (Phi) is 6.16. The quantitative estimate of drug-likeness (QED) is 0.788. The van der Waals surface area contributed by atoms with Crippen molar-refractivity contribution in [3.05, 3.63) is 52.8 Å². The van der Waals surface area contributed by atoms with Crippen molar-refractivity contribution in [2.75, 3.05) is 13.2 Å². The van der Waals surface area contributed by atoms with Crippen molar-refractivity contribution < 1.29 is 5.11 Å². The van der Waals surface area contributed by atoms with Crippen LogP contribution in [0.2, 0.25) is 0 Å². The van der Waals surface area contributed by atoms with Crippen LogP contribution in [-0.4, -0.2) is 28.0 Å². The van der Waals surface area contributed by atoms with Crippen LogP contribution in [-0.2, 0) is 13.1 Å². The third-order valence-corrected chi connectivity index (χ3v) is 4.27. The number of benzene rings is 1. The van der Waals surface area contributed by atoms with E-state index in [1.54, 1.807) is 0 Å². The number of hydrogen-bond donors (Lipinski definition) is 2. The van der Waals surface area contributed by atoms with Crippen LogP contribution in [0.4, 0.5) is 0 Å². The highest BCUT2D eigenvalue weighted by Crippen LogP contribution is 2.19. The minimum Gasteiger partial charge on any atom is -0.396 e. The summed E-state index contributed by atoms with van der Waals surface area (Å²) in [5, 5.41) is 17.4. The monoisotopic (exact) mass is 301 g/mol. The molecular formula is C18H27N3O. The first-order valence-corrected chi connectivity index (χ1v) is 8.06. The van der Waals surface area contributed by atoms with Gasteiger partial charge in [-0.1, -0.05) is 30.3 Å². The predicted molar refractivity (Wildman–Crippen MR) is 90.0 cm³/mol. The van der Waals surface area contributed by atoms with Gasteiger partial charge in [-0.25, -0.2) is 0 Å². The topological polar surface area (TPSA) is 50.1 Å². The van der Waals surface area contributed by atoms with E-state index in [-0.39, 0.29) is 6.61 Å². The van der Waals surface area contributed by atoms with Crippen LogP contribution in [0.3, 0.4) is 0 Å². The Bertz CT molecular complexity index is 578. The van der Waals surface area contributed by atoms with E-state index < -0.39 is 0 Å². The summed E-state index contributed by atoms with van der Waals surface area (Å²) >= 11 is 0. The molecule has 1 heterocycles. The van der Waals surface area contributed by atoms with Gasteiger partial charge < -0.3 is 10.4 Å². The molecule has 0 fully saturated rings. The number of aromatic nitrogens is 2. The second kappa shape index (κ2) is 8.11. The molecule has 0 aliphatic heterocycles. The zero-order valence-electron chi connectivity index (χ0n) is 13.8. The smallest absolute Gasteiger partial charge is 0.0641 e. The van der Waals surface area contributed by atoms with Gasteiger partial charge in [0.1, 0.15) is 0 Å². The summed E-state index contributed by atoms with van der Waals surface area (Å²) in [7, 11) is 0. The summed E-state index contributed by atoms with van der Waals surface area (Å²) in [5.41, 5.74) is 4.91. The first-order valence-electron chi connectivity index (χ1n) is 8.06. The highest BCUT2D eigenvalue weighted by atomic mass is 16.3. The maximum atomic E-state index is 9.30. The van der Waals surface area contributed by atoms with E-state index in [0.29, 0.717) is 5.92 Å². The molecule has 0 saturated heterocycles. The number of nitrogens with zero attached hydrogens (tertiary/aromatic N) is 2. The van der Waals surface area contributed by atoms with Crippen LogP contribution in [0.5, 0.6) is 0 Å². The van der Waals surface area contributed by atoms with Crippen LogP contribution in [0, 0.1) is 13.8 Å². The van der Waals surface area contributed by atoms with E-state index in [2.05, 4.69) is 60.1 Å². The van der Waals surface area contributed by atoms with Crippen LogP contribution >= 0.6 is 0 Å². The van der Waals surface area contributed by atoms with Gasteiger partial charge in [0.25, 0.3) is 0 Å². The zero-order valence-corrected chi connectivity index (χ0v) is 13.8. The number of aryl methyl sites for hydroxylation is 2. The van der Waals surface area contributed by atoms with E-state index in [0.717, 1.165) is 31.7 Å². The van der Waals surface area contributed by atoms with E-state index in [4.69, 9.17) is 0 Å². The molecule has 1 aromatic carbocycles. The Balaban J connectivity index is 1.98. The predicted octanol–water partition coefficient (Wildman–Crippen LogP) is 2.78. The molecule has 22 heavy (non-hydrogen) atoms. The summed E-state index contributed by atoms with van der Waals surface area (Å²) in [4.78, 5) is 0. The van der Waals surface area contributed by atoms with Gasteiger partial charge in [-0.3, -0.25) is 4.68 Å². The molecule has 120 valence electrons. The van der Waals surface area contributed by atoms with E-state index in [1.165, 1.54) is 16.8 Å². The molecular weight excluding hydrogens is 274 g/mol. The van der Waals surface area contributed by atoms with Crippen LogP contribution in [0.15, 0.2) is 30.3 Å². The third-order valence-electron chi connectivity index (χ3n) is 4.27. The van der Waals surface area contributed by atoms with Crippen LogP contribution < -0.4 is 5.32 Å². The van der Waals surface area contributed by atoms with Crippen molar-refractivity contribution >= 4 is 0 Å². The Hall–Kier alpha value is -1.65. The number of hydrogen-bond acceptors (Lipinski definition) is 3. The Morgan fingerprint density at radius 1 is 1.23 bits per heavy atom. The molecule has 0 spiro atoms. The molecule has 0 aliphatic carbocycles. The summed E-state index contributed by atoms with van der Waals surface area (Å²) in [6, 6.07) is 10.4. The highest BCUT2D eigenvalue weighted by molar-refractivity contribution is 5.24. The fraction of sp³-hybridized carbons (Fsp3) is 0.500. The second-order valence-corrected chi connectivity index (χ2v) is 5.72. The molecule has 2 rings (SSSR count). The lowest BCUT2D eigenvalue weighted by Gasteiger charge is -2.17. The summed E-state index contributed by atoms with van der Waals surface area (Å²) in [6.45, 7) is 9.12. The number of aliphatic hydroxyl groups is 1. The molecule has 4 heteroatoms. The SMILES string of the molecule is CCn1nc(C)c(CNCC(CCO)c2ccccc2)c1C. The first-order chi connectivity index (χ1) is 10.7. The Labute approximate surface area is 133 Å². The van der Waals surface area contributed by atoms with Gasteiger partial charge in [0, 0.05) is 37.5 Å². The van der Waals surface area contributed by atoms with Crippen molar-refractivity contribution in [2.24, 2.45) is 0 Å². The Morgan fingerprint density at radius 2 is 1.95 bits per heavy atom. The van der Waals surface area contributed by atoms with Crippen molar-refractivity contribution in [3.63, 3.8) is 0 Å². The fourth-order valence-electron chi connectivity index (χ4n) is 2.94. The average Bonchev–Trinajstić information content (AvgIpc) is 2.82. The van der Waals surface area contributed by atoms with Gasteiger partial charge in [0.05, 0.1) is 5.69 Å². The van der Waals surface area contributed by atoms with Crippen molar-refractivity contribution in [2.45, 2.75) is 46.2 Å². The van der Waals surface area contributed by atoms with Gasteiger partial charge in [-0.15, -0.1) is 0 Å². The van der Waals surface area contributed by atoms with Crippen LogP contribution in [0.1, 0.15) is 41.8 Å². The molecule has 2 N–H and O–H groups in total. The molecule has 0 saturated carbocycles. The molecule has 0 amide bonds. The molecule has 0 bridgehead atoms. The van der Waals surface area contributed by atoms with E-state index in [9.17, 15) is 5.11 Å². The second-order valence-electron chi connectivity index (χ2n) is 5.72. The third kappa shape index (κ3) is 3.96. The van der Waals surface area contributed by atoms with Crippen molar-refractivity contribution in [1.29, 1.82) is 0 Å². The van der Waals surface area contributed by atoms with Gasteiger partial charge in [0.2, 0.25) is 0 Å². The molecule has 1 aromatic heterocycles. The highest BCUT2D eigenvalue weighted by Gasteiger charge is 2.13. The Morgan fingerprint density at radius 3 is 2.55 bits per heavy atom. The lowest BCUT2D eigenvalue weighted by Crippen LogP contribution is -2.22. The molecule has 0 radical (unpaired) electrons. The number of nitrogens with one attached hydrogen (secondary N) is 1. The van der Waals surface area contributed by atoms with Crippen molar-refractivity contribution in [1.82, 2.24) is 15.1 Å². The van der Waals surface area contributed by atoms with E-state index >= 15 is 0 Å². The maximum absolute atomic E-state index is 9.30. The largest absolute Gasteiger partial charge is 0.396 e. The van der Waals surface area contributed by atoms with Crippen LogP contribution in [0.25, 0.3) is 0 Å². The lowest BCUT2D eigenvalue weighted by molar-refractivity contribution is 0.273. The minimum atomic E-state index is 0.215. The zero-order chi connectivity index (χ0) is 15.9. The standard InChI is InChI=1S/C18H27N3O/c1-4-21-15(3)18(14(2)20-21)13-19-12-17(10-11-22)16-8-6-5-7-9-16/h5-9,17,19,22H,4,10-13H2,1-3H3. The number of rotatable bonds is 8. The summed E-state index contributed by atoms with van der Waals surface area (Å²) < 4.78 is 2.05. The van der Waals surface area contributed by atoms with Gasteiger partial charge in [-0.05, 0) is 38.7 Å². The average molecular weight is 301 g/mol. The normalized spacial score (nSPS) is 12.5. The van der Waals surface area contributed by atoms with Crippen molar-refractivity contribution in [3.8, 4) is 0 Å². The molecule has 2 aromatic rings. The first kappa shape index (κ1) is 16.7. The fourth-order valence-corrected chi connectivity index (χ4v) is 2.94. The number of aliphatic hydroxyl groups excluding tert-OH is 1. The maximum Gasteiger partial charge on any atom is 0.0641 e. The summed E-state index contributed by atoms with van der Waals surface area (Å²) in [5.74, 6) is 0.341. The van der Waals surface area contributed by atoms with Gasteiger partial charge in [0.15, 0.2) is 0 Å². The van der Waals surface area contributed by atoms with Gasteiger partial charge >= 0.3 is 0 Å².